The van der Waals surface area contributed by atoms with Gasteiger partial charge in [-0.2, -0.15) is 0 Å². The summed E-state index contributed by atoms with van der Waals surface area (Å²) in [6.45, 7) is 4.32. The molecule has 1 fully saturated rings. The molecule has 1 aromatic carbocycles. The molecule has 1 amide bonds. The first-order chi connectivity index (χ1) is 12.5. The van der Waals surface area contributed by atoms with Crippen LogP contribution in [0.25, 0.3) is 0 Å². The lowest BCUT2D eigenvalue weighted by Crippen LogP contribution is -2.42. The third-order valence-electron chi connectivity index (χ3n) is 4.32. The molecular weight excluding hydrogens is 336 g/mol. The maximum atomic E-state index is 12.2. The Kier molecular flexibility index (Phi) is 5.68. The van der Waals surface area contributed by atoms with Gasteiger partial charge in [-0.05, 0) is 38.1 Å². The average Bonchev–Trinajstić information content (AvgIpc) is 3.23. The van der Waals surface area contributed by atoms with Gasteiger partial charge in [0.1, 0.15) is 11.5 Å². The molecule has 138 valence electrons. The molecule has 2 atom stereocenters. The molecular formula is C19H22N2O5. The van der Waals surface area contributed by atoms with Crippen LogP contribution in [0.4, 0.5) is 0 Å². The van der Waals surface area contributed by atoms with Crippen molar-refractivity contribution in [3.63, 3.8) is 0 Å². The second-order valence-electron chi connectivity index (χ2n) is 6.48. The molecule has 0 bridgehead atoms. The number of ether oxygens (including phenoxy) is 2. The number of carbonyl (C=O) groups excluding carboxylic acids is 2. The van der Waals surface area contributed by atoms with E-state index in [4.69, 9.17) is 14.0 Å². The minimum absolute atomic E-state index is 0.0106. The van der Waals surface area contributed by atoms with Crippen LogP contribution in [0.3, 0.4) is 0 Å². The van der Waals surface area contributed by atoms with Crippen molar-refractivity contribution in [3.8, 4) is 5.75 Å². The van der Waals surface area contributed by atoms with Crippen LogP contribution in [0.2, 0.25) is 0 Å². The molecule has 0 saturated carbocycles. The highest BCUT2D eigenvalue weighted by molar-refractivity contribution is 5.94. The summed E-state index contributed by atoms with van der Waals surface area (Å²) in [6, 6.07) is 8.52. The zero-order valence-corrected chi connectivity index (χ0v) is 14.9. The Morgan fingerprint density at radius 1 is 1.27 bits per heavy atom. The Morgan fingerprint density at radius 3 is 2.69 bits per heavy atom. The summed E-state index contributed by atoms with van der Waals surface area (Å²) in [5, 5.41) is 6.83. The summed E-state index contributed by atoms with van der Waals surface area (Å²) in [4.78, 5) is 23.4. The van der Waals surface area contributed by atoms with Crippen LogP contribution in [0.15, 0.2) is 34.9 Å². The van der Waals surface area contributed by atoms with Gasteiger partial charge in [-0.25, -0.2) is 0 Å². The number of carbonyl (C=O) groups is 2. The molecule has 3 rings (SSSR count). The summed E-state index contributed by atoms with van der Waals surface area (Å²) in [5.74, 6) is 1.25. The SMILES string of the molecule is CC(=O)c1ccc(OCC(=O)N[C@H]2COC[C@H]2Cc2cc(C)no2)cc1. The number of nitrogens with one attached hydrogen (secondary N) is 1. The first kappa shape index (κ1) is 18.1. The summed E-state index contributed by atoms with van der Waals surface area (Å²) >= 11 is 0. The molecule has 0 unspecified atom stereocenters. The summed E-state index contributed by atoms with van der Waals surface area (Å²) in [7, 11) is 0. The van der Waals surface area contributed by atoms with Gasteiger partial charge in [0.15, 0.2) is 12.4 Å². The Hall–Kier alpha value is -2.67. The molecule has 0 aliphatic carbocycles. The Morgan fingerprint density at radius 2 is 2.04 bits per heavy atom. The van der Waals surface area contributed by atoms with Gasteiger partial charge in [-0.3, -0.25) is 9.59 Å². The predicted octanol–water partition coefficient (Wildman–Crippen LogP) is 1.94. The number of aryl methyl sites for hydroxylation is 1. The van der Waals surface area contributed by atoms with Crippen molar-refractivity contribution in [2.45, 2.75) is 26.3 Å². The van der Waals surface area contributed by atoms with E-state index in [1.54, 1.807) is 24.3 Å². The molecule has 1 N–H and O–H groups in total. The standard InChI is InChI=1S/C19H22N2O5/c1-12-7-17(26-21-12)8-15-9-24-10-18(15)20-19(23)11-25-16-5-3-14(4-6-16)13(2)22/h3-7,15,18H,8-11H2,1-2H3,(H,20,23)/t15-,18+/m1/s1. The molecule has 0 spiro atoms. The number of rotatable bonds is 7. The maximum absolute atomic E-state index is 12.2. The zero-order valence-electron chi connectivity index (χ0n) is 14.9. The van der Waals surface area contributed by atoms with E-state index in [0.29, 0.717) is 30.9 Å². The highest BCUT2D eigenvalue weighted by Gasteiger charge is 2.30. The van der Waals surface area contributed by atoms with Crippen molar-refractivity contribution in [1.29, 1.82) is 0 Å². The lowest BCUT2D eigenvalue weighted by atomic mass is 9.98. The van der Waals surface area contributed by atoms with Gasteiger partial charge in [0.05, 0.1) is 24.9 Å². The van der Waals surface area contributed by atoms with Crippen molar-refractivity contribution < 1.29 is 23.6 Å². The van der Waals surface area contributed by atoms with Gasteiger partial charge in [0.2, 0.25) is 0 Å². The van der Waals surface area contributed by atoms with Gasteiger partial charge < -0.3 is 19.3 Å². The summed E-state index contributed by atoms with van der Waals surface area (Å²) in [5.41, 5.74) is 1.44. The summed E-state index contributed by atoms with van der Waals surface area (Å²) in [6.07, 6.45) is 0.666. The Labute approximate surface area is 151 Å². The second kappa shape index (κ2) is 8.14. The molecule has 2 heterocycles. The molecule has 7 heteroatoms. The normalized spacial score (nSPS) is 19.3. The fourth-order valence-corrected chi connectivity index (χ4v) is 2.91. The van der Waals surface area contributed by atoms with E-state index in [-0.39, 0.29) is 30.3 Å². The predicted molar refractivity (Wildman–Crippen MR) is 93.1 cm³/mol. The van der Waals surface area contributed by atoms with Gasteiger partial charge in [-0.15, -0.1) is 0 Å². The minimum Gasteiger partial charge on any atom is -0.484 e. The first-order valence-electron chi connectivity index (χ1n) is 8.54. The number of ketones is 1. The third kappa shape index (κ3) is 4.70. The number of hydrogen-bond donors (Lipinski definition) is 1. The number of aromatic nitrogens is 1. The van der Waals surface area contributed by atoms with Crippen molar-refractivity contribution >= 4 is 11.7 Å². The number of amides is 1. The van der Waals surface area contributed by atoms with Crippen molar-refractivity contribution in [3.05, 3.63) is 47.3 Å². The third-order valence-corrected chi connectivity index (χ3v) is 4.32. The lowest BCUT2D eigenvalue weighted by Gasteiger charge is -2.18. The average molecular weight is 358 g/mol. The number of nitrogens with zero attached hydrogens (tertiary/aromatic N) is 1. The van der Waals surface area contributed by atoms with Crippen LogP contribution in [-0.2, 0) is 16.0 Å². The van der Waals surface area contributed by atoms with Crippen LogP contribution in [0.1, 0.15) is 28.7 Å². The quantitative estimate of drug-likeness (QED) is 0.761. The fraction of sp³-hybridized carbons (Fsp3) is 0.421. The van der Waals surface area contributed by atoms with Crippen molar-refractivity contribution in [1.82, 2.24) is 10.5 Å². The first-order valence-corrected chi connectivity index (χ1v) is 8.54. The monoisotopic (exact) mass is 358 g/mol. The lowest BCUT2D eigenvalue weighted by molar-refractivity contribution is -0.124. The highest BCUT2D eigenvalue weighted by Crippen LogP contribution is 2.20. The van der Waals surface area contributed by atoms with Crippen LogP contribution in [0.5, 0.6) is 5.75 Å². The Bertz CT molecular complexity index is 768. The number of Topliss-reactive ketones (excluding diaryl/α,β-unsaturated/α-hetero) is 1. The van der Waals surface area contributed by atoms with E-state index in [1.807, 2.05) is 13.0 Å². The molecule has 0 radical (unpaired) electrons. The van der Waals surface area contributed by atoms with Crippen molar-refractivity contribution in [2.24, 2.45) is 5.92 Å². The fourth-order valence-electron chi connectivity index (χ4n) is 2.91. The van der Waals surface area contributed by atoms with Crippen LogP contribution < -0.4 is 10.1 Å². The zero-order chi connectivity index (χ0) is 18.5. The van der Waals surface area contributed by atoms with Crippen molar-refractivity contribution in [2.75, 3.05) is 19.8 Å². The molecule has 1 saturated heterocycles. The van der Waals surface area contributed by atoms with E-state index in [2.05, 4.69) is 10.5 Å². The number of benzene rings is 1. The smallest absolute Gasteiger partial charge is 0.258 e. The molecule has 1 aliphatic heterocycles. The summed E-state index contributed by atoms with van der Waals surface area (Å²) < 4.78 is 16.2. The van der Waals surface area contributed by atoms with Crippen LogP contribution >= 0.6 is 0 Å². The van der Waals surface area contributed by atoms with Gasteiger partial charge >= 0.3 is 0 Å². The van der Waals surface area contributed by atoms with Gasteiger partial charge in [0.25, 0.3) is 5.91 Å². The van der Waals surface area contributed by atoms with E-state index >= 15 is 0 Å². The van der Waals surface area contributed by atoms with E-state index < -0.39 is 0 Å². The molecule has 2 aromatic rings. The largest absolute Gasteiger partial charge is 0.484 e. The van der Waals surface area contributed by atoms with E-state index in [1.165, 1.54) is 6.92 Å². The highest BCUT2D eigenvalue weighted by atomic mass is 16.5. The second-order valence-corrected chi connectivity index (χ2v) is 6.48. The molecule has 26 heavy (non-hydrogen) atoms. The molecule has 1 aliphatic rings. The topological polar surface area (TPSA) is 90.7 Å². The Balaban J connectivity index is 1.48. The van der Waals surface area contributed by atoms with E-state index in [9.17, 15) is 9.59 Å². The van der Waals surface area contributed by atoms with Gasteiger partial charge in [-0.1, -0.05) is 5.16 Å². The number of hydrogen-bond acceptors (Lipinski definition) is 6. The van der Waals surface area contributed by atoms with Crippen LogP contribution in [-0.4, -0.2) is 42.7 Å². The van der Waals surface area contributed by atoms with Gasteiger partial charge in [0, 0.05) is 24.0 Å². The molecule has 7 nitrogen and oxygen atoms in total. The van der Waals surface area contributed by atoms with E-state index in [0.717, 1.165) is 11.5 Å². The molecule has 1 aromatic heterocycles. The maximum Gasteiger partial charge on any atom is 0.258 e. The van der Waals surface area contributed by atoms with Crippen LogP contribution in [0, 0.1) is 12.8 Å². The minimum atomic E-state index is -0.213.